The Hall–Kier alpha value is -3.51. The molecule has 1 heterocycles. The lowest BCUT2D eigenvalue weighted by Gasteiger charge is -2.10. The molecule has 0 atom stereocenters. The Labute approximate surface area is 170 Å². The van der Waals surface area contributed by atoms with Gasteiger partial charge >= 0.3 is 5.97 Å². The molecule has 6 nitrogen and oxygen atoms in total. The van der Waals surface area contributed by atoms with E-state index in [2.05, 4.69) is 10.3 Å². The summed E-state index contributed by atoms with van der Waals surface area (Å²) in [5.74, 6) is -0.783. The van der Waals surface area contributed by atoms with Crippen molar-refractivity contribution in [3.8, 4) is 0 Å². The van der Waals surface area contributed by atoms with Gasteiger partial charge in [0.2, 0.25) is 0 Å². The minimum atomic E-state index is -0.783. The first-order chi connectivity index (χ1) is 14.1. The van der Waals surface area contributed by atoms with Gasteiger partial charge in [0.05, 0.1) is 5.71 Å². The number of carbonyl (C=O) groups is 1. The Balaban J connectivity index is 0.00000145. The number of benzene rings is 2. The molecule has 0 aliphatic carbocycles. The molecule has 3 rings (SSSR count). The number of nitrogens with zero attached hydrogens (tertiary/aromatic N) is 1. The number of aromatic nitrogens is 1. The summed E-state index contributed by atoms with van der Waals surface area (Å²) in [5.41, 5.74) is 5.16. The molecule has 2 aromatic carbocycles. The van der Waals surface area contributed by atoms with Crippen molar-refractivity contribution >= 4 is 17.4 Å². The lowest BCUT2D eigenvalue weighted by atomic mass is 10.0. The molecule has 0 saturated heterocycles. The highest BCUT2D eigenvalue weighted by atomic mass is 16.4. The number of aryl methyl sites for hydroxylation is 1. The van der Waals surface area contributed by atoms with E-state index in [0.717, 1.165) is 35.1 Å². The van der Waals surface area contributed by atoms with Gasteiger partial charge in [-0.3, -0.25) is 15.2 Å². The Bertz CT molecular complexity index is 926. The molecule has 0 fully saturated rings. The molecular weight excluding hydrogens is 366 g/mol. The number of anilines is 1. The molecule has 1 aromatic heterocycles. The number of carboxylic acids is 1. The van der Waals surface area contributed by atoms with Crippen molar-refractivity contribution in [2.75, 3.05) is 12.4 Å². The summed E-state index contributed by atoms with van der Waals surface area (Å²) in [6, 6.07) is 19.4. The normalized spacial score (nSPS) is 9.86. The number of pyridine rings is 1. The summed E-state index contributed by atoms with van der Waals surface area (Å²) in [5, 5.41) is 27.5. The molecule has 0 bridgehead atoms. The lowest BCUT2D eigenvalue weighted by Crippen LogP contribution is -2.04. The van der Waals surface area contributed by atoms with E-state index in [-0.39, 0.29) is 6.42 Å². The van der Waals surface area contributed by atoms with E-state index in [1.807, 2.05) is 60.7 Å². The third kappa shape index (κ3) is 6.86. The molecule has 0 amide bonds. The molecule has 150 valence electrons. The number of carboxylic acid groups (broad SMARTS) is 1. The van der Waals surface area contributed by atoms with E-state index in [9.17, 15) is 4.79 Å². The maximum Gasteiger partial charge on any atom is 0.303 e. The minimum Gasteiger partial charge on any atom is -0.481 e. The van der Waals surface area contributed by atoms with Crippen LogP contribution in [0.5, 0.6) is 0 Å². The average Bonchev–Trinajstić information content (AvgIpc) is 2.78. The smallest absolute Gasteiger partial charge is 0.303 e. The van der Waals surface area contributed by atoms with Crippen LogP contribution in [0.15, 0.2) is 73.1 Å². The van der Waals surface area contributed by atoms with Gasteiger partial charge in [-0.2, -0.15) is 0 Å². The molecule has 0 aliphatic rings. The zero-order valence-electron chi connectivity index (χ0n) is 16.3. The van der Waals surface area contributed by atoms with Crippen molar-refractivity contribution < 1.29 is 15.0 Å². The third-order valence-electron chi connectivity index (χ3n) is 4.24. The number of nitrogens with one attached hydrogen (secondary N) is 2. The zero-order valence-corrected chi connectivity index (χ0v) is 16.3. The molecule has 29 heavy (non-hydrogen) atoms. The summed E-state index contributed by atoms with van der Waals surface area (Å²) < 4.78 is 0. The maximum absolute atomic E-state index is 10.6. The number of hydrogen-bond acceptors (Lipinski definition) is 5. The van der Waals surface area contributed by atoms with E-state index in [0.29, 0.717) is 18.7 Å². The van der Waals surface area contributed by atoms with Crippen LogP contribution in [-0.4, -0.2) is 34.0 Å². The monoisotopic (exact) mass is 391 g/mol. The molecule has 3 aromatic rings. The van der Waals surface area contributed by atoms with Gasteiger partial charge in [-0.15, -0.1) is 0 Å². The molecular formula is C23H25N3O3. The second kappa shape index (κ2) is 11.4. The van der Waals surface area contributed by atoms with Gasteiger partial charge in [-0.25, -0.2) is 0 Å². The minimum absolute atomic E-state index is 0.141. The van der Waals surface area contributed by atoms with Crippen molar-refractivity contribution in [3.63, 3.8) is 0 Å². The van der Waals surface area contributed by atoms with E-state index in [1.165, 1.54) is 0 Å². The predicted molar refractivity (Wildman–Crippen MR) is 114 cm³/mol. The van der Waals surface area contributed by atoms with Gasteiger partial charge in [-0.05, 0) is 47.9 Å². The lowest BCUT2D eigenvalue weighted by molar-refractivity contribution is -0.136. The maximum atomic E-state index is 10.6. The first-order valence-corrected chi connectivity index (χ1v) is 9.19. The van der Waals surface area contributed by atoms with Crippen LogP contribution in [-0.2, 0) is 17.8 Å². The van der Waals surface area contributed by atoms with E-state index >= 15 is 0 Å². The summed E-state index contributed by atoms with van der Waals surface area (Å²) >= 11 is 0. The van der Waals surface area contributed by atoms with Crippen molar-refractivity contribution in [2.45, 2.75) is 19.4 Å². The quantitative estimate of drug-likeness (QED) is 0.438. The molecule has 6 heteroatoms. The van der Waals surface area contributed by atoms with Gasteiger partial charge in [-0.1, -0.05) is 30.3 Å². The van der Waals surface area contributed by atoms with Crippen LogP contribution in [0.2, 0.25) is 0 Å². The number of hydrogen-bond donors (Lipinski definition) is 4. The SMILES string of the molecule is CO.N=C(c1cccnc1)c1cccc(CNc2ccc(CCC(=O)O)cc2)c1. The number of aliphatic hydroxyl groups excluding tert-OH is 1. The first-order valence-electron chi connectivity index (χ1n) is 9.19. The zero-order chi connectivity index (χ0) is 21.1. The van der Waals surface area contributed by atoms with Crippen molar-refractivity contribution in [1.82, 2.24) is 4.98 Å². The van der Waals surface area contributed by atoms with Crippen molar-refractivity contribution in [1.29, 1.82) is 5.41 Å². The number of aliphatic hydroxyl groups is 1. The number of rotatable bonds is 8. The average molecular weight is 391 g/mol. The van der Waals surface area contributed by atoms with Crippen molar-refractivity contribution in [3.05, 3.63) is 95.3 Å². The van der Waals surface area contributed by atoms with Crippen molar-refractivity contribution in [2.24, 2.45) is 0 Å². The second-order valence-electron chi connectivity index (χ2n) is 6.26. The first kappa shape index (κ1) is 21.8. The van der Waals surface area contributed by atoms with Gasteiger partial charge in [0.15, 0.2) is 0 Å². The van der Waals surface area contributed by atoms with Crippen LogP contribution in [0, 0.1) is 5.41 Å². The summed E-state index contributed by atoms with van der Waals surface area (Å²) in [6.07, 6.45) is 4.07. The number of aliphatic carboxylic acids is 1. The van der Waals surface area contributed by atoms with Crippen LogP contribution in [0.4, 0.5) is 5.69 Å². The van der Waals surface area contributed by atoms with E-state index < -0.39 is 5.97 Å². The topological polar surface area (TPSA) is 106 Å². The second-order valence-corrected chi connectivity index (χ2v) is 6.26. The van der Waals surface area contributed by atoms with Crippen LogP contribution in [0.3, 0.4) is 0 Å². The molecule has 0 unspecified atom stereocenters. The Morgan fingerprint density at radius 3 is 2.38 bits per heavy atom. The van der Waals surface area contributed by atoms with E-state index in [1.54, 1.807) is 12.4 Å². The summed E-state index contributed by atoms with van der Waals surface area (Å²) in [7, 11) is 1.00. The Morgan fingerprint density at radius 1 is 1.00 bits per heavy atom. The van der Waals surface area contributed by atoms with Gasteiger partial charge < -0.3 is 15.5 Å². The summed E-state index contributed by atoms with van der Waals surface area (Å²) in [4.78, 5) is 14.7. The standard InChI is InChI=1S/C22H21N3O2.CH4O/c23-22(19-5-2-12-24-15-19)18-4-1-3-17(13-18)14-25-20-9-6-16(7-10-20)8-11-21(26)27;1-2/h1-7,9-10,12-13,15,23,25H,8,11,14H2,(H,26,27);2H,1H3. The molecule has 0 aliphatic heterocycles. The Kier molecular flexibility index (Phi) is 8.53. The van der Waals surface area contributed by atoms with Gasteiger partial charge in [0, 0.05) is 49.3 Å². The van der Waals surface area contributed by atoms with Crippen LogP contribution >= 0.6 is 0 Å². The molecule has 4 N–H and O–H groups in total. The van der Waals surface area contributed by atoms with Crippen LogP contribution in [0.1, 0.15) is 28.7 Å². The molecule has 0 saturated carbocycles. The predicted octanol–water partition coefficient (Wildman–Crippen LogP) is 3.74. The largest absolute Gasteiger partial charge is 0.481 e. The van der Waals surface area contributed by atoms with Gasteiger partial charge in [0.1, 0.15) is 0 Å². The molecule has 0 radical (unpaired) electrons. The fraction of sp³-hybridized carbons (Fsp3) is 0.174. The summed E-state index contributed by atoms with van der Waals surface area (Å²) in [6.45, 7) is 0.642. The third-order valence-corrected chi connectivity index (χ3v) is 4.24. The highest BCUT2D eigenvalue weighted by Crippen LogP contribution is 2.15. The molecule has 0 spiro atoms. The van der Waals surface area contributed by atoms with Crippen LogP contribution in [0.25, 0.3) is 0 Å². The highest BCUT2D eigenvalue weighted by molar-refractivity contribution is 6.10. The highest BCUT2D eigenvalue weighted by Gasteiger charge is 2.06. The van der Waals surface area contributed by atoms with Crippen LogP contribution < -0.4 is 5.32 Å². The Morgan fingerprint density at radius 2 is 1.72 bits per heavy atom. The van der Waals surface area contributed by atoms with Gasteiger partial charge in [0.25, 0.3) is 0 Å². The fourth-order valence-electron chi connectivity index (χ4n) is 2.76. The van der Waals surface area contributed by atoms with E-state index in [4.69, 9.17) is 15.6 Å². The fourth-order valence-corrected chi connectivity index (χ4v) is 2.76.